The van der Waals surface area contributed by atoms with Crippen molar-refractivity contribution in [3.8, 4) is 0 Å². The van der Waals surface area contributed by atoms with Gasteiger partial charge in [0.15, 0.2) is 17.3 Å². The average Bonchev–Trinajstić information content (AvgIpc) is 3.63. The Morgan fingerprint density at radius 2 is 1.95 bits per heavy atom. The number of hydrogen-bond donors (Lipinski definition) is 1. The molecule has 0 radical (unpaired) electrons. The molecule has 3 aromatic rings. The van der Waals surface area contributed by atoms with E-state index in [0.29, 0.717) is 42.5 Å². The van der Waals surface area contributed by atoms with E-state index in [4.69, 9.17) is 14.2 Å². The number of anilines is 2. The Bertz CT molecular complexity index is 1300. The van der Waals surface area contributed by atoms with Crippen molar-refractivity contribution in [1.29, 1.82) is 0 Å². The highest BCUT2D eigenvalue weighted by molar-refractivity contribution is 5.83. The molecule has 2 saturated heterocycles. The van der Waals surface area contributed by atoms with Crippen molar-refractivity contribution in [2.24, 2.45) is 5.92 Å². The van der Waals surface area contributed by atoms with Gasteiger partial charge in [0.05, 0.1) is 30.6 Å². The van der Waals surface area contributed by atoms with Gasteiger partial charge >= 0.3 is 6.18 Å². The van der Waals surface area contributed by atoms with E-state index in [9.17, 15) is 13.2 Å². The van der Waals surface area contributed by atoms with Crippen LogP contribution in [0.4, 0.5) is 24.8 Å². The highest BCUT2D eigenvalue weighted by Gasteiger charge is 2.54. The van der Waals surface area contributed by atoms with Crippen molar-refractivity contribution in [1.82, 2.24) is 24.5 Å². The third-order valence-electron chi connectivity index (χ3n) is 7.58. The van der Waals surface area contributed by atoms with Crippen LogP contribution in [0.3, 0.4) is 0 Å². The zero-order valence-electron chi connectivity index (χ0n) is 21.4. The van der Waals surface area contributed by atoms with Gasteiger partial charge in [-0.15, -0.1) is 0 Å². The molecule has 3 aromatic heterocycles. The molecular formula is C25H30F3N7O3. The summed E-state index contributed by atoms with van der Waals surface area (Å²) in [6, 6.07) is 2.49. The molecule has 38 heavy (non-hydrogen) atoms. The minimum absolute atomic E-state index is 0.0117. The van der Waals surface area contributed by atoms with Gasteiger partial charge in [0.1, 0.15) is 23.8 Å². The number of nitrogens with one attached hydrogen (secondary N) is 1. The third kappa shape index (κ3) is 4.56. The monoisotopic (exact) mass is 533 g/mol. The molecule has 13 heteroatoms. The van der Waals surface area contributed by atoms with Crippen LogP contribution in [-0.4, -0.2) is 75.3 Å². The van der Waals surface area contributed by atoms with Gasteiger partial charge in [0.2, 0.25) is 0 Å². The molecule has 1 saturated carbocycles. The molecule has 3 fully saturated rings. The lowest BCUT2D eigenvalue weighted by Crippen LogP contribution is -2.28. The van der Waals surface area contributed by atoms with Crippen molar-refractivity contribution >= 4 is 22.8 Å². The van der Waals surface area contributed by atoms with Crippen LogP contribution < -0.4 is 10.2 Å². The molecular weight excluding hydrogens is 503 g/mol. The second-order valence-electron chi connectivity index (χ2n) is 10.6. The quantitative estimate of drug-likeness (QED) is 0.509. The number of nitrogens with zero attached hydrogens (tertiary/aromatic N) is 6. The van der Waals surface area contributed by atoms with E-state index in [-0.39, 0.29) is 30.2 Å². The Balaban J connectivity index is 1.19. The number of pyridine rings is 1. The maximum atomic E-state index is 12.9. The van der Waals surface area contributed by atoms with Crippen LogP contribution in [0, 0.1) is 5.92 Å². The van der Waals surface area contributed by atoms with Gasteiger partial charge in [-0.1, -0.05) is 0 Å². The zero-order valence-corrected chi connectivity index (χ0v) is 21.4. The summed E-state index contributed by atoms with van der Waals surface area (Å²) in [6.07, 6.45) is 1.14. The van der Waals surface area contributed by atoms with Gasteiger partial charge in [-0.05, 0) is 38.8 Å². The fourth-order valence-electron chi connectivity index (χ4n) is 5.93. The van der Waals surface area contributed by atoms with E-state index < -0.39 is 17.5 Å². The van der Waals surface area contributed by atoms with Gasteiger partial charge in [0.25, 0.3) is 0 Å². The molecule has 5 heterocycles. The first-order chi connectivity index (χ1) is 18.1. The summed E-state index contributed by atoms with van der Waals surface area (Å²) in [6.45, 7) is 5.67. The number of methoxy groups -OCH3 is 1. The lowest BCUT2D eigenvalue weighted by molar-refractivity contribution is -0.162. The summed E-state index contributed by atoms with van der Waals surface area (Å²) in [5, 5.41) is 3.46. The van der Waals surface area contributed by atoms with E-state index in [0.717, 1.165) is 25.1 Å². The fourth-order valence-corrected chi connectivity index (χ4v) is 5.93. The summed E-state index contributed by atoms with van der Waals surface area (Å²) in [7, 11) is 1.69. The molecule has 5 atom stereocenters. The second kappa shape index (κ2) is 9.31. The number of imidazole rings is 1. The number of rotatable bonds is 6. The Labute approximate surface area is 217 Å². The van der Waals surface area contributed by atoms with Gasteiger partial charge in [-0.2, -0.15) is 13.2 Å². The highest BCUT2D eigenvalue weighted by atomic mass is 19.4. The first kappa shape index (κ1) is 25.3. The van der Waals surface area contributed by atoms with Crippen molar-refractivity contribution in [3.05, 3.63) is 36.5 Å². The van der Waals surface area contributed by atoms with Gasteiger partial charge in [-0.25, -0.2) is 19.9 Å². The minimum atomic E-state index is -4.40. The van der Waals surface area contributed by atoms with Crippen molar-refractivity contribution < 1.29 is 27.4 Å². The lowest BCUT2D eigenvalue weighted by atomic mass is 10.1. The van der Waals surface area contributed by atoms with Crippen LogP contribution in [0.2, 0.25) is 0 Å². The standard InChI is InChI=1S/C25H30F3N7O3/c1-24(2)37-20-14(11-36-3)8-17(21(20)38-24)35-13-32-19-22(30-12-31-23(19)35)33-16-6-7-34(10-16)18-5-4-15(9-29-18)25(26,27)28/h4-5,9,12-14,16-17,20-21H,6-8,10-11H2,1-3H3,(H,30,31,33)/t14-,16+,17-,20-,21+/m1/s1. The maximum Gasteiger partial charge on any atom is 0.417 e. The first-order valence-corrected chi connectivity index (χ1v) is 12.7. The van der Waals surface area contributed by atoms with Crippen LogP contribution in [-0.2, 0) is 20.4 Å². The first-order valence-electron chi connectivity index (χ1n) is 12.7. The van der Waals surface area contributed by atoms with Crippen LogP contribution in [0.1, 0.15) is 38.3 Å². The topological polar surface area (TPSA) is 99.5 Å². The largest absolute Gasteiger partial charge is 0.417 e. The van der Waals surface area contributed by atoms with E-state index in [1.54, 1.807) is 13.4 Å². The number of aromatic nitrogens is 5. The van der Waals surface area contributed by atoms with E-state index in [2.05, 4.69) is 25.3 Å². The fraction of sp³-hybridized carbons (Fsp3) is 0.600. The van der Waals surface area contributed by atoms with E-state index in [1.807, 2.05) is 23.3 Å². The smallest absolute Gasteiger partial charge is 0.384 e. The predicted octanol–water partition coefficient (Wildman–Crippen LogP) is 3.66. The van der Waals surface area contributed by atoms with Crippen molar-refractivity contribution in [3.63, 3.8) is 0 Å². The number of alkyl halides is 3. The summed E-state index contributed by atoms with van der Waals surface area (Å²) in [4.78, 5) is 19.6. The number of hydrogen-bond acceptors (Lipinski definition) is 9. The van der Waals surface area contributed by atoms with Crippen LogP contribution in [0.25, 0.3) is 11.2 Å². The highest BCUT2D eigenvalue weighted by Crippen LogP contribution is 2.47. The van der Waals surface area contributed by atoms with Crippen molar-refractivity contribution in [2.75, 3.05) is 37.0 Å². The third-order valence-corrected chi connectivity index (χ3v) is 7.58. The van der Waals surface area contributed by atoms with Gasteiger partial charge < -0.3 is 29.0 Å². The minimum Gasteiger partial charge on any atom is -0.384 e. The van der Waals surface area contributed by atoms with Crippen LogP contribution in [0.15, 0.2) is 31.0 Å². The van der Waals surface area contributed by atoms with E-state index in [1.165, 1.54) is 12.4 Å². The predicted molar refractivity (Wildman–Crippen MR) is 132 cm³/mol. The summed E-state index contributed by atoms with van der Waals surface area (Å²) in [5.41, 5.74) is 0.606. The lowest BCUT2D eigenvalue weighted by Gasteiger charge is -2.24. The molecule has 2 aliphatic heterocycles. The normalized spacial score (nSPS) is 28.8. The molecule has 3 aliphatic rings. The zero-order chi connectivity index (χ0) is 26.7. The number of ether oxygens (including phenoxy) is 3. The second-order valence-corrected chi connectivity index (χ2v) is 10.6. The summed E-state index contributed by atoms with van der Waals surface area (Å²) < 4.78 is 58.6. The molecule has 0 bridgehead atoms. The molecule has 10 nitrogen and oxygen atoms in total. The number of fused-ring (bicyclic) bond motifs is 2. The van der Waals surface area contributed by atoms with Crippen LogP contribution in [0.5, 0.6) is 0 Å². The Morgan fingerprint density at radius 3 is 2.68 bits per heavy atom. The Hall–Kier alpha value is -3.03. The molecule has 0 spiro atoms. The SMILES string of the molecule is COC[C@H]1C[C@@H](n2cnc3c(N[C@H]4CCN(c5ccc(C(F)(F)F)cn5)C4)ncnc32)[C@@H]2OC(C)(C)O[C@H]12. The molecule has 1 N–H and O–H groups in total. The van der Waals surface area contributed by atoms with Crippen LogP contribution >= 0.6 is 0 Å². The van der Waals surface area contributed by atoms with Gasteiger partial charge in [-0.3, -0.25) is 0 Å². The molecule has 0 aromatic carbocycles. The number of halogens is 3. The molecule has 0 amide bonds. The Morgan fingerprint density at radius 1 is 1.13 bits per heavy atom. The van der Waals surface area contributed by atoms with Gasteiger partial charge in [0, 0.05) is 38.4 Å². The summed E-state index contributed by atoms with van der Waals surface area (Å²) >= 11 is 0. The maximum absolute atomic E-state index is 12.9. The molecule has 1 aliphatic carbocycles. The average molecular weight is 534 g/mol. The van der Waals surface area contributed by atoms with E-state index >= 15 is 0 Å². The Kier molecular flexibility index (Phi) is 6.19. The summed E-state index contributed by atoms with van der Waals surface area (Å²) in [5.74, 6) is 0.654. The molecule has 6 rings (SSSR count). The molecule has 204 valence electrons. The van der Waals surface area contributed by atoms with Crippen molar-refractivity contribution in [2.45, 2.75) is 62.9 Å². The molecule has 0 unspecified atom stereocenters.